The Labute approximate surface area is 142 Å². The van der Waals surface area contributed by atoms with Crippen molar-refractivity contribution in [3.05, 3.63) is 59.2 Å². The van der Waals surface area contributed by atoms with E-state index in [2.05, 4.69) is 15.8 Å². The fourth-order valence-electron chi connectivity index (χ4n) is 2.14. The molecule has 4 nitrogen and oxygen atoms in total. The number of hydrazone groups is 1. The van der Waals surface area contributed by atoms with Crippen molar-refractivity contribution in [3.63, 3.8) is 0 Å². The quantitative estimate of drug-likeness (QED) is 0.494. The maximum Gasteiger partial charge on any atom is 0.191 e. The Kier molecular flexibility index (Phi) is 6.11. The average molecular weight is 327 g/mol. The van der Waals surface area contributed by atoms with Crippen molar-refractivity contribution in [1.29, 1.82) is 0 Å². The molecule has 0 bridgehead atoms. The zero-order valence-electron chi connectivity index (χ0n) is 13.6. The van der Waals surface area contributed by atoms with E-state index in [0.29, 0.717) is 11.7 Å². The lowest BCUT2D eigenvalue weighted by atomic mass is 10.1. The number of rotatable bonds is 5. The first kappa shape index (κ1) is 17.0. The summed E-state index contributed by atoms with van der Waals surface area (Å²) < 4.78 is 5.40. The SMILES string of the molecule is CCOc1ccc(/C=N\NC(=S)Nc2c(C)cccc2C)cc1. The van der Waals surface area contributed by atoms with E-state index >= 15 is 0 Å². The predicted octanol–water partition coefficient (Wildman–Crippen LogP) is 4.02. The van der Waals surface area contributed by atoms with Crippen molar-refractivity contribution in [2.45, 2.75) is 20.8 Å². The molecule has 2 rings (SSSR count). The molecule has 0 unspecified atom stereocenters. The van der Waals surface area contributed by atoms with Crippen LogP contribution in [0.1, 0.15) is 23.6 Å². The molecule has 2 aromatic rings. The highest BCUT2D eigenvalue weighted by atomic mass is 32.1. The number of nitrogens with one attached hydrogen (secondary N) is 2. The van der Waals surface area contributed by atoms with Crippen LogP contribution in [-0.4, -0.2) is 17.9 Å². The van der Waals surface area contributed by atoms with E-state index in [0.717, 1.165) is 28.1 Å². The highest BCUT2D eigenvalue weighted by Gasteiger charge is 2.03. The van der Waals surface area contributed by atoms with Crippen molar-refractivity contribution in [1.82, 2.24) is 5.43 Å². The summed E-state index contributed by atoms with van der Waals surface area (Å²) in [6, 6.07) is 13.8. The number of benzene rings is 2. The van der Waals surface area contributed by atoms with Crippen LogP contribution in [0.2, 0.25) is 0 Å². The molecule has 0 aliphatic rings. The highest BCUT2D eigenvalue weighted by Crippen LogP contribution is 2.19. The van der Waals surface area contributed by atoms with Crippen molar-refractivity contribution < 1.29 is 4.74 Å². The van der Waals surface area contributed by atoms with Gasteiger partial charge < -0.3 is 10.1 Å². The fourth-order valence-corrected chi connectivity index (χ4v) is 2.29. The summed E-state index contributed by atoms with van der Waals surface area (Å²) in [4.78, 5) is 0. The van der Waals surface area contributed by atoms with Gasteiger partial charge in [0.1, 0.15) is 5.75 Å². The Morgan fingerprint density at radius 1 is 1.13 bits per heavy atom. The van der Waals surface area contributed by atoms with Crippen LogP contribution in [0.15, 0.2) is 47.6 Å². The molecule has 0 saturated carbocycles. The second-order valence-corrected chi connectivity index (χ2v) is 5.50. The molecule has 0 aliphatic heterocycles. The number of nitrogens with zero attached hydrogens (tertiary/aromatic N) is 1. The van der Waals surface area contributed by atoms with Gasteiger partial charge in [-0.15, -0.1) is 0 Å². The van der Waals surface area contributed by atoms with Crippen LogP contribution in [0.4, 0.5) is 5.69 Å². The van der Waals surface area contributed by atoms with E-state index in [1.165, 1.54) is 0 Å². The standard InChI is InChI=1S/C18H21N3OS/c1-4-22-16-10-8-15(9-11-16)12-19-21-18(23)20-17-13(2)6-5-7-14(17)3/h5-12H,4H2,1-3H3,(H2,20,21,23)/b19-12-. The summed E-state index contributed by atoms with van der Waals surface area (Å²) in [7, 11) is 0. The Bertz CT molecular complexity index is 676. The minimum absolute atomic E-state index is 0.463. The van der Waals surface area contributed by atoms with E-state index < -0.39 is 0 Å². The molecule has 5 heteroatoms. The van der Waals surface area contributed by atoms with E-state index in [-0.39, 0.29) is 0 Å². The van der Waals surface area contributed by atoms with Gasteiger partial charge in [-0.05, 0) is 73.9 Å². The monoisotopic (exact) mass is 327 g/mol. The Morgan fingerprint density at radius 3 is 2.39 bits per heavy atom. The first-order valence-corrected chi connectivity index (χ1v) is 7.90. The van der Waals surface area contributed by atoms with Gasteiger partial charge in [-0.1, -0.05) is 18.2 Å². The molecule has 0 aliphatic carbocycles. The van der Waals surface area contributed by atoms with Crippen LogP contribution in [0.5, 0.6) is 5.75 Å². The second kappa shape index (κ2) is 8.29. The van der Waals surface area contributed by atoms with Crippen molar-refractivity contribution in [3.8, 4) is 5.75 Å². The third-order valence-electron chi connectivity index (χ3n) is 3.29. The molecule has 23 heavy (non-hydrogen) atoms. The van der Waals surface area contributed by atoms with Gasteiger partial charge in [-0.25, -0.2) is 0 Å². The summed E-state index contributed by atoms with van der Waals surface area (Å²) >= 11 is 5.27. The van der Waals surface area contributed by atoms with Crippen LogP contribution in [0.3, 0.4) is 0 Å². The van der Waals surface area contributed by atoms with E-state index in [1.54, 1.807) is 6.21 Å². The predicted molar refractivity (Wildman–Crippen MR) is 100 cm³/mol. The van der Waals surface area contributed by atoms with Gasteiger partial charge in [-0.2, -0.15) is 5.10 Å². The summed E-state index contributed by atoms with van der Waals surface area (Å²) in [5.41, 5.74) is 7.10. The van der Waals surface area contributed by atoms with Crippen molar-refractivity contribution in [2.75, 3.05) is 11.9 Å². The van der Waals surface area contributed by atoms with Crippen LogP contribution in [-0.2, 0) is 0 Å². The number of para-hydroxylation sites is 1. The third kappa shape index (κ3) is 5.07. The minimum atomic E-state index is 0.463. The molecular weight excluding hydrogens is 306 g/mol. The Hall–Kier alpha value is -2.40. The molecule has 0 heterocycles. The summed E-state index contributed by atoms with van der Waals surface area (Å²) in [5, 5.41) is 7.79. The molecule has 0 spiro atoms. The lowest BCUT2D eigenvalue weighted by Crippen LogP contribution is -2.24. The minimum Gasteiger partial charge on any atom is -0.494 e. The zero-order chi connectivity index (χ0) is 16.7. The van der Waals surface area contributed by atoms with Gasteiger partial charge in [0.2, 0.25) is 0 Å². The number of hydrogen-bond acceptors (Lipinski definition) is 3. The van der Waals surface area contributed by atoms with E-state index in [9.17, 15) is 0 Å². The van der Waals surface area contributed by atoms with Gasteiger partial charge in [0, 0.05) is 5.69 Å². The molecule has 2 aromatic carbocycles. The normalized spacial score (nSPS) is 10.6. The zero-order valence-corrected chi connectivity index (χ0v) is 14.4. The third-order valence-corrected chi connectivity index (χ3v) is 3.48. The van der Waals surface area contributed by atoms with E-state index in [1.807, 2.05) is 63.2 Å². The van der Waals surface area contributed by atoms with Gasteiger partial charge in [0.15, 0.2) is 5.11 Å². The smallest absolute Gasteiger partial charge is 0.191 e. The first-order chi connectivity index (χ1) is 11.1. The van der Waals surface area contributed by atoms with Crippen LogP contribution < -0.4 is 15.5 Å². The lowest BCUT2D eigenvalue weighted by molar-refractivity contribution is 0.340. The number of aryl methyl sites for hydroxylation is 2. The van der Waals surface area contributed by atoms with Gasteiger partial charge in [0.05, 0.1) is 12.8 Å². The maximum atomic E-state index is 5.40. The average Bonchev–Trinajstić information content (AvgIpc) is 2.53. The van der Waals surface area contributed by atoms with Gasteiger partial charge >= 0.3 is 0 Å². The number of hydrogen-bond donors (Lipinski definition) is 2. The molecule has 2 N–H and O–H groups in total. The topological polar surface area (TPSA) is 45.6 Å². The van der Waals surface area contributed by atoms with Crippen molar-refractivity contribution in [2.24, 2.45) is 5.10 Å². The summed E-state index contributed by atoms with van der Waals surface area (Å²) in [6.07, 6.45) is 1.72. The second-order valence-electron chi connectivity index (χ2n) is 5.09. The van der Waals surface area contributed by atoms with Crippen LogP contribution in [0.25, 0.3) is 0 Å². The highest BCUT2D eigenvalue weighted by molar-refractivity contribution is 7.80. The molecular formula is C18H21N3OS. The Morgan fingerprint density at radius 2 is 1.78 bits per heavy atom. The van der Waals surface area contributed by atoms with Crippen LogP contribution >= 0.6 is 12.2 Å². The first-order valence-electron chi connectivity index (χ1n) is 7.49. The maximum absolute atomic E-state index is 5.40. The molecule has 0 saturated heterocycles. The largest absolute Gasteiger partial charge is 0.494 e. The number of anilines is 1. The van der Waals surface area contributed by atoms with Crippen molar-refractivity contribution >= 4 is 29.2 Å². The number of thiocarbonyl (C=S) groups is 1. The molecule has 120 valence electrons. The summed E-state index contributed by atoms with van der Waals surface area (Å²) in [5.74, 6) is 0.852. The summed E-state index contributed by atoms with van der Waals surface area (Å²) in [6.45, 7) is 6.71. The van der Waals surface area contributed by atoms with Gasteiger partial charge in [0.25, 0.3) is 0 Å². The van der Waals surface area contributed by atoms with E-state index in [4.69, 9.17) is 17.0 Å². The molecule has 0 fully saturated rings. The van der Waals surface area contributed by atoms with Gasteiger partial charge in [-0.3, -0.25) is 5.43 Å². The van der Waals surface area contributed by atoms with Crippen LogP contribution in [0, 0.1) is 13.8 Å². The molecule has 0 aromatic heterocycles. The molecule has 0 atom stereocenters. The molecule has 0 amide bonds. The lowest BCUT2D eigenvalue weighted by Gasteiger charge is -2.12. The fraction of sp³-hybridized carbons (Fsp3) is 0.222. The number of ether oxygens (including phenoxy) is 1. The Balaban J connectivity index is 1.91. The molecule has 0 radical (unpaired) electrons.